The van der Waals surface area contributed by atoms with Gasteiger partial charge < -0.3 is 5.32 Å². The molecule has 0 saturated carbocycles. The lowest BCUT2D eigenvalue weighted by Gasteiger charge is -2.20. The van der Waals surface area contributed by atoms with Crippen molar-refractivity contribution in [2.24, 2.45) is 0 Å². The molecule has 1 heterocycles. The zero-order chi connectivity index (χ0) is 15.3. The van der Waals surface area contributed by atoms with E-state index in [9.17, 15) is 13.2 Å². The van der Waals surface area contributed by atoms with Gasteiger partial charge in [0.05, 0.1) is 5.52 Å². The summed E-state index contributed by atoms with van der Waals surface area (Å²) in [6.45, 7) is 2.67. The van der Waals surface area contributed by atoms with Crippen molar-refractivity contribution in [2.45, 2.75) is 38.4 Å². The van der Waals surface area contributed by atoms with Crippen LogP contribution in [0.3, 0.4) is 0 Å². The molecular formula is C16H19F3N2. The van der Waals surface area contributed by atoms with Crippen molar-refractivity contribution >= 4 is 10.9 Å². The van der Waals surface area contributed by atoms with Crippen molar-refractivity contribution in [3.63, 3.8) is 0 Å². The van der Waals surface area contributed by atoms with E-state index in [0.717, 1.165) is 16.5 Å². The maximum absolute atomic E-state index is 12.3. The summed E-state index contributed by atoms with van der Waals surface area (Å²) in [5, 5.41) is 4.28. The number of halogens is 3. The van der Waals surface area contributed by atoms with Crippen LogP contribution in [0.2, 0.25) is 0 Å². The second-order valence-corrected chi connectivity index (χ2v) is 5.03. The molecule has 2 rings (SSSR count). The molecule has 21 heavy (non-hydrogen) atoms. The number of hydrogen-bond donors (Lipinski definition) is 1. The number of nitrogens with zero attached hydrogens (tertiary/aromatic N) is 1. The molecule has 0 bridgehead atoms. The van der Waals surface area contributed by atoms with E-state index >= 15 is 0 Å². The van der Waals surface area contributed by atoms with E-state index < -0.39 is 12.6 Å². The number of alkyl halides is 3. The van der Waals surface area contributed by atoms with Gasteiger partial charge in [-0.15, -0.1) is 0 Å². The first-order valence-electron chi connectivity index (χ1n) is 7.15. The van der Waals surface area contributed by atoms with Gasteiger partial charge in [0, 0.05) is 24.0 Å². The standard InChI is InChI=1S/C16H19F3N2/c1-2-20-14(9-4-10-16(17,18)19)12-6-3-8-15-13(12)7-5-11-21-15/h3,5-8,11,14,20H,2,4,9-10H2,1H3. The first kappa shape index (κ1) is 15.8. The minimum atomic E-state index is -4.09. The molecule has 0 radical (unpaired) electrons. The predicted octanol–water partition coefficient (Wildman–Crippen LogP) is 4.62. The summed E-state index contributed by atoms with van der Waals surface area (Å²) < 4.78 is 37.0. The van der Waals surface area contributed by atoms with Crippen LogP contribution in [-0.4, -0.2) is 17.7 Å². The van der Waals surface area contributed by atoms with Crippen LogP contribution in [0.4, 0.5) is 13.2 Å². The van der Waals surface area contributed by atoms with Crippen LogP contribution in [-0.2, 0) is 0 Å². The molecule has 114 valence electrons. The molecule has 0 saturated heterocycles. The first-order chi connectivity index (χ1) is 10.0. The Balaban J connectivity index is 2.20. The average molecular weight is 296 g/mol. The Hall–Kier alpha value is -1.62. The minimum Gasteiger partial charge on any atom is -0.310 e. The van der Waals surface area contributed by atoms with E-state index in [-0.39, 0.29) is 12.5 Å². The van der Waals surface area contributed by atoms with E-state index in [1.54, 1.807) is 6.20 Å². The Bertz CT molecular complexity index is 576. The second-order valence-electron chi connectivity index (χ2n) is 5.03. The molecule has 2 nitrogen and oxygen atoms in total. The molecule has 0 aliphatic rings. The van der Waals surface area contributed by atoms with E-state index in [0.29, 0.717) is 13.0 Å². The Morgan fingerprint density at radius 1 is 1.19 bits per heavy atom. The highest BCUT2D eigenvalue weighted by Gasteiger charge is 2.27. The van der Waals surface area contributed by atoms with Gasteiger partial charge in [0.2, 0.25) is 0 Å². The molecule has 0 aliphatic heterocycles. The zero-order valence-corrected chi connectivity index (χ0v) is 12.0. The van der Waals surface area contributed by atoms with Gasteiger partial charge in [-0.3, -0.25) is 4.98 Å². The molecule has 1 N–H and O–H groups in total. The topological polar surface area (TPSA) is 24.9 Å². The summed E-state index contributed by atoms with van der Waals surface area (Å²) in [6.07, 6.45) is -2.52. The summed E-state index contributed by atoms with van der Waals surface area (Å²) in [4.78, 5) is 4.30. The van der Waals surface area contributed by atoms with Crippen LogP contribution in [0, 0.1) is 0 Å². The van der Waals surface area contributed by atoms with Crippen molar-refractivity contribution in [3.8, 4) is 0 Å². The third-order valence-corrected chi connectivity index (χ3v) is 3.46. The fourth-order valence-corrected chi connectivity index (χ4v) is 2.55. The van der Waals surface area contributed by atoms with Gasteiger partial charge in [0.15, 0.2) is 0 Å². The fraction of sp³-hybridized carbons (Fsp3) is 0.438. The summed E-state index contributed by atoms with van der Waals surface area (Å²) in [7, 11) is 0. The van der Waals surface area contributed by atoms with Crippen LogP contribution in [0.1, 0.15) is 37.8 Å². The van der Waals surface area contributed by atoms with E-state index in [1.165, 1.54) is 0 Å². The number of aromatic nitrogens is 1. The van der Waals surface area contributed by atoms with Crippen molar-refractivity contribution in [1.29, 1.82) is 0 Å². The molecule has 1 aromatic heterocycles. The molecule has 1 aromatic carbocycles. The number of benzene rings is 1. The number of nitrogens with one attached hydrogen (secondary N) is 1. The molecule has 1 unspecified atom stereocenters. The van der Waals surface area contributed by atoms with Crippen molar-refractivity contribution in [3.05, 3.63) is 42.1 Å². The van der Waals surface area contributed by atoms with Gasteiger partial charge in [0.25, 0.3) is 0 Å². The monoisotopic (exact) mass is 296 g/mol. The Morgan fingerprint density at radius 2 is 2.00 bits per heavy atom. The van der Waals surface area contributed by atoms with Crippen molar-refractivity contribution in [1.82, 2.24) is 10.3 Å². The average Bonchev–Trinajstić information content (AvgIpc) is 2.44. The van der Waals surface area contributed by atoms with Gasteiger partial charge >= 0.3 is 6.18 Å². The third-order valence-electron chi connectivity index (χ3n) is 3.46. The lowest BCUT2D eigenvalue weighted by Crippen LogP contribution is -2.22. The Kier molecular flexibility index (Phi) is 5.17. The lowest BCUT2D eigenvalue weighted by molar-refractivity contribution is -0.135. The molecule has 1 atom stereocenters. The number of rotatable bonds is 6. The maximum Gasteiger partial charge on any atom is 0.389 e. The number of pyridine rings is 1. The van der Waals surface area contributed by atoms with Gasteiger partial charge in [-0.05, 0) is 37.1 Å². The molecule has 5 heteroatoms. The van der Waals surface area contributed by atoms with E-state index in [2.05, 4.69) is 10.3 Å². The van der Waals surface area contributed by atoms with Crippen LogP contribution in [0.15, 0.2) is 36.5 Å². The fourth-order valence-electron chi connectivity index (χ4n) is 2.55. The van der Waals surface area contributed by atoms with E-state index in [1.807, 2.05) is 37.3 Å². The highest BCUT2D eigenvalue weighted by molar-refractivity contribution is 5.82. The zero-order valence-electron chi connectivity index (χ0n) is 12.0. The third kappa shape index (κ3) is 4.43. The van der Waals surface area contributed by atoms with Gasteiger partial charge in [-0.25, -0.2) is 0 Å². The summed E-state index contributed by atoms with van der Waals surface area (Å²) in [6, 6.07) is 9.52. The molecular weight excluding hydrogens is 277 g/mol. The van der Waals surface area contributed by atoms with Crippen molar-refractivity contribution in [2.75, 3.05) is 6.54 Å². The smallest absolute Gasteiger partial charge is 0.310 e. The maximum atomic E-state index is 12.3. The summed E-state index contributed by atoms with van der Waals surface area (Å²) in [5.41, 5.74) is 1.89. The highest BCUT2D eigenvalue weighted by Crippen LogP contribution is 2.29. The van der Waals surface area contributed by atoms with Gasteiger partial charge in [-0.1, -0.05) is 25.1 Å². The SMILES string of the molecule is CCNC(CCCC(F)(F)F)c1cccc2ncccc12. The normalized spacial score (nSPS) is 13.5. The number of hydrogen-bond acceptors (Lipinski definition) is 2. The van der Waals surface area contributed by atoms with Crippen LogP contribution in [0.25, 0.3) is 10.9 Å². The van der Waals surface area contributed by atoms with Gasteiger partial charge in [-0.2, -0.15) is 13.2 Å². The van der Waals surface area contributed by atoms with Crippen LogP contribution >= 0.6 is 0 Å². The highest BCUT2D eigenvalue weighted by atomic mass is 19.4. The van der Waals surface area contributed by atoms with Crippen LogP contribution < -0.4 is 5.32 Å². The quantitative estimate of drug-likeness (QED) is 0.841. The van der Waals surface area contributed by atoms with Crippen LogP contribution in [0.5, 0.6) is 0 Å². The molecule has 0 spiro atoms. The summed E-state index contributed by atoms with van der Waals surface area (Å²) in [5.74, 6) is 0. The Morgan fingerprint density at radius 3 is 2.71 bits per heavy atom. The lowest BCUT2D eigenvalue weighted by atomic mass is 9.97. The summed E-state index contributed by atoms with van der Waals surface area (Å²) >= 11 is 0. The largest absolute Gasteiger partial charge is 0.389 e. The minimum absolute atomic E-state index is 0.0785. The molecule has 0 aliphatic carbocycles. The Labute approximate surface area is 122 Å². The number of fused-ring (bicyclic) bond motifs is 1. The molecule has 2 aromatic rings. The van der Waals surface area contributed by atoms with Gasteiger partial charge in [0.1, 0.15) is 0 Å². The second kappa shape index (κ2) is 6.89. The predicted molar refractivity (Wildman–Crippen MR) is 78.1 cm³/mol. The molecule has 0 amide bonds. The van der Waals surface area contributed by atoms with E-state index in [4.69, 9.17) is 0 Å². The van der Waals surface area contributed by atoms with Crippen molar-refractivity contribution < 1.29 is 13.2 Å². The first-order valence-corrected chi connectivity index (χ1v) is 7.15. The molecule has 0 fully saturated rings.